The van der Waals surface area contributed by atoms with Crippen molar-refractivity contribution >= 4 is 62.6 Å². The first-order chi connectivity index (χ1) is 7.16. The van der Waals surface area contributed by atoms with E-state index in [4.69, 9.17) is 11.6 Å². The molecule has 0 aliphatic carbocycles. The smallest absolute Gasteiger partial charge is 0.178 e. The summed E-state index contributed by atoms with van der Waals surface area (Å²) in [6, 6.07) is 3.81. The summed E-state index contributed by atoms with van der Waals surface area (Å²) >= 11 is 11.0. The summed E-state index contributed by atoms with van der Waals surface area (Å²) in [5, 5.41) is 3.87. The summed E-state index contributed by atoms with van der Waals surface area (Å²) in [4.78, 5) is 12.7. The average Bonchev–Trinajstić information content (AvgIpc) is 2.75. The van der Waals surface area contributed by atoms with Gasteiger partial charge in [-0.3, -0.25) is 4.79 Å². The maximum absolute atomic E-state index is 11.9. The van der Waals surface area contributed by atoms with Crippen LogP contribution in [0.15, 0.2) is 22.9 Å². The van der Waals surface area contributed by atoms with E-state index in [1.807, 2.05) is 22.9 Å². The molecular formula is C10H6ClIOS2. The van der Waals surface area contributed by atoms with Crippen molar-refractivity contribution in [1.82, 2.24) is 0 Å². The number of carbonyl (C=O) groups is 1. The van der Waals surface area contributed by atoms with E-state index in [0.717, 1.165) is 18.3 Å². The standard InChI is InChI=1S/C10H6ClIOS2/c11-9-4-6(5-15-9)3-8(13)10-7(12)1-2-14-10/h1-2,4-5H,3H2. The van der Waals surface area contributed by atoms with E-state index in [0.29, 0.717) is 6.42 Å². The van der Waals surface area contributed by atoms with Crippen molar-refractivity contribution in [3.63, 3.8) is 0 Å². The fourth-order valence-electron chi connectivity index (χ4n) is 1.20. The first kappa shape index (κ1) is 11.6. The van der Waals surface area contributed by atoms with Crippen molar-refractivity contribution in [2.24, 2.45) is 0 Å². The van der Waals surface area contributed by atoms with Crippen molar-refractivity contribution < 1.29 is 4.79 Å². The van der Waals surface area contributed by atoms with Gasteiger partial charge in [0, 0.05) is 9.99 Å². The van der Waals surface area contributed by atoms with Crippen molar-refractivity contribution in [3.8, 4) is 0 Å². The van der Waals surface area contributed by atoms with E-state index in [-0.39, 0.29) is 5.78 Å². The Morgan fingerprint density at radius 1 is 1.47 bits per heavy atom. The lowest BCUT2D eigenvalue weighted by atomic mass is 10.1. The minimum Gasteiger partial charge on any atom is -0.293 e. The number of thiophene rings is 2. The van der Waals surface area contributed by atoms with Gasteiger partial charge < -0.3 is 0 Å². The number of Topliss-reactive ketones (excluding diaryl/α,β-unsaturated/α-hetero) is 1. The quantitative estimate of drug-likeness (QED) is 0.576. The van der Waals surface area contributed by atoms with E-state index < -0.39 is 0 Å². The lowest BCUT2D eigenvalue weighted by molar-refractivity contribution is 0.0996. The second kappa shape index (κ2) is 4.95. The molecule has 2 aromatic heterocycles. The van der Waals surface area contributed by atoms with Crippen LogP contribution in [0.1, 0.15) is 15.2 Å². The summed E-state index contributed by atoms with van der Waals surface area (Å²) in [5.41, 5.74) is 0.999. The maximum Gasteiger partial charge on any atom is 0.178 e. The fourth-order valence-corrected chi connectivity index (χ4v) is 3.94. The second-order valence-corrected chi connectivity index (χ2v) is 6.58. The minimum atomic E-state index is 0.170. The van der Waals surface area contributed by atoms with Gasteiger partial charge >= 0.3 is 0 Å². The van der Waals surface area contributed by atoms with E-state index in [1.54, 1.807) is 0 Å². The van der Waals surface area contributed by atoms with Crippen LogP contribution in [0, 0.1) is 3.57 Å². The normalized spacial score (nSPS) is 10.5. The van der Waals surface area contributed by atoms with Gasteiger partial charge in [-0.1, -0.05) is 11.6 Å². The Morgan fingerprint density at radius 2 is 2.27 bits per heavy atom. The van der Waals surface area contributed by atoms with Gasteiger partial charge in [-0.05, 0) is 51.0 Å². The van der Waals surface area contributed by atoms with Crippen molar-refractivity contribution in [1.29, 1.82) is 0 Å². The van der Waals surface area contributed by atoms with Gasteiger partial charge in [-0.15, -0.1) is 22.7 Å². The molecule has 5 heteroatoms. The summed E-state index contributed by atoms with van der Waals surface area (Å²) < 4.78 is 1.77. The summed E-state index contributed by atoms with van der Waals surface area (Å²) in [6.45, 7) is 0. The van der Waals surface area contributed by atoms with Gasteiger partial charge in [0.15, 0.2) is 5.78 Å². The first-order valence-electron chi connectivity index (χ1n) is 4.16. The van der Waals surface area contributed by atoms with Crippen LogP contribution in [0.5, 0.6) is 0 Å². The highest BCUT2D eigenvalue weighted by Gasteiger charge is 2.12. The number of carbonyl (C=O) groups excluding carboxylic acids is 1. The van der Waals surface area contributed by atoms with Crippen LogP contribution in [-0.4, -0.2) is 5.78 Å². The minimum absolute atomic E-state index is 0.170. The van der Waals surface area contributed by atoms with Gasteiger partial charge in [0.25, 0.3) is 0 Å². The van der Waals surface area contributed by atoms with Crippen LogP contribution in [0.3, 0.4) is 0 Å². The molecular weight excluding hydrogens is 363 g/mol. The van der Waals surface area contributed by atoms with Crippen LogP contribution in [-0.2, 0) is 6.42 Å². The summed E-state index contributed by atoms with van der Waals surface area (Å²) in [5.74, 6) is 0.170. The van der Waals surface area contributed by atoms with Crippen LogP contribution in [0.2, 0.25) is 4.34 Å². The molecule has 0 aliphatic heterocycles. The number of rotatable bonds is 3. The number of hydrogen-bond acceptors (Lipinski definition) is 3. The molecule has 78 valence electrons. The molecule has 0 fully saturated rings. The fraction of sp³-hybridized carbons (Fsp3) is 0.100. The zero-order valence-electron chi connectivity index (χ0n) is 7.50. The lowest BCUT2D eigenvalue weighted by Crippen LogP contribution is -2.01. The van der Waals surface area contributed by atoms with Crippen LogP contribution < -0.4 is 0 Å². The molecule has 2 aromatic rings. The molecule has 0 radical (unpaired) electrons. The Labute approximate surface area is 114 Å². The number of ketones is 1. The van der Waals surface area contributed by atoms with Crippen molar-refractivity contribution in [3.05, 3.63) is 41.2 Å². The molecule has 2 rings (SSSR count). The SMILES string of the molecule is O=C(Cc1csc(Cl)c1)c1sccc1I. The molecule has 0 saturated carbocycles. The highest BCUT2D eigenvalue weighted by atomic mass is 127. The van der Waals surface area contributed by atoms with Crippen molar-refractivity contribution in [2.45, 2.75) is 6.42 Å². The van der Waals surface area contributed by atoms with Crippen molar-refractivity contribution in [2.75, 3.05) is 0 Å². The summed E-state index contributed by atoms with van der Waals surface area (Å²) in [6.07, 6.45) is 0.444. The van der Waals surface area contributed by atoms with Gasteiger partial charge in [0.1, 0.15) is 0 Å². The molecule has 0 unspecified atom stereocenters. The van der Waals surface area contributed by atoms with E-state index >= 15 is 0 Å². The zero-order chi connectivity index (χ0) is 10.8. The molecule has 0 amide bonds. The molecule has 0 spiro atoms. The molecule has 0 aromatic carbocycles. The third-order valence-electron chi connectivity index (χ3n) is 1.86. The molecule has 0 aliphatic rings. The molecule has 15 heavy (non-hydrogen) atoms. The Hall–Kier alpha value is 0.0900. The van der Waals surface area contributed by atoms with Crippen LogP contribution >= 0.6 is 56.9 Å². The average molecular weight is 369 g/mol. The van der Waals surface area contributed by atoms with Gasteiger partial charge in [0.05, 0.1) is 9.21 Å². The molecule has 1 nitrogen and oxygen atoms in total. The van der Waals surface area contributed by atoms with Gasteiger partial charge in [-0.2, -0.15) is 0 Å². The second-order valence-electron chi connectivity index (χ2n) is 2.96. The monoisotopic (exact) mass is 368 g/mol. The molecule has 2 heterocycles. The van der Waals surface area contributed by atoms with E-state index in [1.165, 1.54) is 22.7 Å². The molecule has 0 bridgehead atoms. The molecule has 0 saturated heterocycles. The highest BCUT2D eigenvalue weighted by molar-refractivity contribution is 14.1. The van der Waals surface area contributed by atoms with E-state index in [2.05, 4.69) is 22.6 Å². The highest BCUT2D eigenvalue weighted by Crippen LogP contribution is 2.24. The lowest BCUT2D eigenvalue weighted by Gasteiger charge is -1.96. The molecule has 0 N–H and O–H groups in total. The van der Waals surface area contributed by atoms with Crippen LogP contribution in [0.4, 0.5) is 0 Å². The topological polar surface area (TPSA) is 17.1 Å². The Balaban J connectivity index is 2.14. The summed E-state index contributed by atoms with van der Waals surface area (Å²) in [7, 11) is 0. The van der Waals surface area contributed by atoms with E-state index in [9.17, 15) is 4.79 Å². The van der Waals surface area contributed by atoms with Gasteiger partial charge in [-0.25, -0.2) is 0 Å². The Kier molecular flexibility index (Phi) is 3.82. The predicted molar refractivity (Wildman–Crippen MR) is 74.4 cm³/mol. The van der Waals surface area contributed by atoms with Crippen LogP contribution in [0.25, 0.3) is 0 Å². The Bertz CT molecular complexity index is 489. The maximum atomic E-state index is 11.9. The van der Waals surface area contributed by atoms with Gasteiger partial charge in [0.2, 0.25) is 0 Å². The molecule has 0 atom stereocenters. The third-order valence-corrected chi connectivity index (χ3v) is 5.22. The third kappa shape index (κ3) is 2.81. The first-order valence-corrected chi connectivity index (χ1v) is 7.37. The zero-order valence-corrected chi connectivity index (χ0v) is 12.0. The largest absolute Gasteiger partial charge is 0.293 e. The number of halogens is 2. The number of hydrogen-bond donors (Lipinski definition) is 0. The Morgan fingerprint density at radius 3 is 2.80 bits per heavy atom. The predicted octanol–water partition coefficient (Wildman–Crippen LogP) is 4.49.